The molecular formula is C13H13ClO2. The highest BCUT2D eigenvalue weighted by Gasteiger charge is 2.52. The molecule has 84 valence electrons. The molecule has 0 radical (unpaired) electrons. The summed E-state index contributed by atoms with van der Waals surface area (Å²) in [5.41, 5.74) is 1.12. The van der Waals surface area contributed by atoms with Crippen molar-refractivity contribution < 1.29 is 9.78 Å². The Morgan fingerprint density at radius 2 is 1.81 bits per heavy atom. The zero-order valence-electron chi connectivity index (χ0n) is 9.24. The van der Waals surface area contributed by atoms with Crippen LogP contribution in [-0.4, -0.2) is 5.38 Å². The van der Waals surface area contributed by atoms with Crippen molar-refractivity contribution in [3.05, 3.63) is 47.5 Å². The fraction of sp³-hybridized carbons (Fsp3) is 0.385. The van der Waals surface area contributed by atoms with Gasteiger partial charge in [0.2, 0.25) is 0 Å². The molecule has 2 bridgehead atoms. The first-order valence-corrected chi connectivity index (χ1v) is 5.83. The Hall–Kier alpha value is -0.830. The highest BCUT2D eigenvalue weighted by atomic mass is 35.5. The van der Waals surface area contributed by atoms with E-state index in [0.29, 0.717) is 0 Å². The average Bonchev–Trinajstić information content (AvgIpc) is 2.30. The van der Waals surface area contributed by atoms with Crippen LogP contribution in [0.4, 0.5) is 0 Å². The number of rotatable bonds is 1. The fourth-order valence-electron chi connectivity index (χ4n) is 2.43. The van der Waals surface area contributed by atoms with E-state index in [1.54, 1.807) is 0 Å². The maximum atomic E-state index is 6.25. The number of benzene rings is 1. The normalized spacial score (nSPS) is 37.2. The van der Waals surface area contributed by atoms with Crippen LogP contribution in [0.2, 0.25) is 0 Å². The minimum Gasteiger partial charge on any atom is -0.220 e. The summed E-state index contributed by atoms with van der Waals surface area (Å²) in [5, 5.41) is -0.185. The third-order valence-corrected chi connectivity index (χ3v) is 3.80. The Morgan fingerprint density at radius 1 is 1.12 bits per heavy atom. The first-order valence-electron chi connectivity index (χ1n) is 5.40. The quantitative estimate of drug-likeness (QED) is 0.423. The van der Waals surface area contributed by atoms with Gasteiger partial charge in [0.15, 0.2) is 5.60 Å². The molecule has 3 atom stereocenters. The lowest BCUT2D eigenvalue weighted by Crippen LogP contribution is -2.49. The van der Waals surface area contributed by atoms with E-state index in [9.17, 15) is 0 Å². The van der Waals surface area contributed by atoms with Crippen LogP contribution in [0.15, 0.2) is 36.4 Å². The molecule has 1 aromatic carbocycles. The maximum Gasteiger partial charge on any atom is 0.163 e. The van der Waals surface area contributed by atoms with Crippen molar-refractivity contribution in [1.82, 2.24) is 0 Å². The highest BCUT2D eigenvalue weighted by Crippen LogP contribution is 2.51. The van der Waals surface area contributed by atoms with E-state index in [0.717, 1.165) is 11.1 Å². The monoisotopic (exact) mass is 236 g/mol. The smallest absolute Gasteiger partial charge is 0.163 e. The van der Waals surface area contributed by atoms with E-state index in [2.05, 4.69) is 12.1 Å². The summed E-state index contributed by atoms with van der Waals surface area (Å²) in [6.07, 6.45) is 4.04. The largest absolute Gasteiger partial charge is 0.220 e. The molecule has 2 heterocycles. The van der Waals surface area contributed by atoms with Gasteiger partial charge in [-0.05, 0) is 37.1 Å². The van der Waals surface area contributed by atoms with Gasteiger partial charge < -0.3 is 0 Å². The van der Waals surface area contributed by atoms with Crippen LogP contribution in [0, 0.1) is 0 Å². The number of hydrogen-bond acceptors (Lipinski definition) is 2. The number of hydrogen-bond donors (Lipinski definition) is 0. The van der Waals surface area contributed by atoms with Gasteiger partial charge in [0.1, 0.15) is 5.60 Å². The van der Waals surface area contributed by atoms with Crippen molar-refractivity contribution in [2.45, 2.75) is 30.4 Å². The molecule has 0 saturated heterocycles. The minimum absolute atomic E-state index is 0.185. The summed E-state index contributed by atoms with van der Waals surface area (Å²) in [5.74, 6) is 0. The first kappa shape index (κ1) is 10.3. The third kappa shape index (κ3) is 1.10. The third-order valence-electron chi connectivity index (χ3n) is 3.48. The molecule has 0 fully saturated rings. The van der Waals surface area contributed by atoms with Crippen LogP contribution in [-0.2, 0) is 21.0 Å². The Morgan fingerprint density at radius 3 is 2.38 bits per heavy atom. The summed E-state index contributed by atoms with van der Waals surface area (Å²) in [6.45, 7) is 3.91. The van der Waals surface area contributed by atoms with E-state index in [1.807, 2.05) is 38.1 Å². The van der Waals surface area contributed by atoms with Gasteiger partial charge in [-0.15, -0.1) is 11.6 Å². The number of halogens is 1. The predicted octanol–water partition coefficient (Wildman–Crippen LogP) is 3.26. The van der Waals surface area contributed by atoms with Crippen molar-refractivity contribution in [2.75, 3.05) is 0 Å². The van der Waals surface area contributed by atoms with Crippen LogP contribution in [0.5, 0.6) is 0 Å². The Balaban J connectivity index is 2.29. The zero-order valence-corrected chi connectivity index (χ0v) is 9.99. The molecule has 1 aliphatic carbocycles. The molecular weight excluding hydrogens is 224 g/mol. The summed E-state index contributed by atoms with van der Waals surface area (Å²) in [7, 11) is 0. The highest BCUT2D eigenvalue weighted by molar-refractivity contribution is 6.21. The van der Waals surface area contributed by atoms with E-state index in [-0.39, 0.29) is 5.38 Å². The van der Waals surface area contributed by atoms with Gasteiger partial charge in [-0.3, -0.25) is 0 Å². The Bertz CT molecular complexity index is 469. The van der Waals surface area contributed by atoms with Crippen LogP contribution >= 0.6 is 11.6 Å². The molecule has 0 unspecified atom stereocenters. The van der Waals surface area contributed by atoms with E-state index in [4.69, 9.17) is 21.4 Å². The lowest BCUT2D eigenvalue weighted by Gasteiger charge is -2.48. The van der Waals surface area contributed by atoms with E-state index >= 15 is 0 Å². The lowest BCUT2D eigenvalue weighted by atomic mass is 9.75. The molecule has 0 aromatic heterocycles. The molecule has 0 spiro atoms. The number of alkyl halides is 1. The van der Waals surface area contributed by atoms with E-state index in [1.165, 1.54) is 0 Å². The van der Waals surface area contributed by atoms with Gasteiger partial charge in [0, 0.05) is 0 Å². The predicted molar refractivity (Wildman–Crippen MR) is 62.1 cm³/mol. The second kappa shape index (κ2) is 3.10. The summed E-state index contributed by atoms with van der Waals surface area (Å²) >= 11 is 6.25. The average molecular weight is 237 g/mol. The molecule has 1 aromatic rings. The molecule has 2 nitrogen and oxygen atoms in total. The summed E-state index contributed by atoms with van der Waals surface area (Å²) in [6, 6.07) is 8.13. The van der Waals surface area contributed by atoms with Crippen LogP contribution in [0.25, 0.3) is 0 Å². The van der Waals surface area contributed by atoms with Crippen molar-refractivity contribution >= 4 is 11.6 Å². The second-order valence-electron chi connectivity index (χ2n) is 4.56. The zero-order chi connectivity index (χ0) is 11.4. The Kier molecular flexibility index (Phi) is 2.00. The topological polar surface area (TPSA) is 18.5 Å². The standard InChI is InChI=1S/C13H13ClO2/c1-9(14)13-8-7-12(2,15-16-13)10-5-3-4-6-11(10)13/h3-9H,1-2H3/t9-,12+,13+/m1/s1. The van der Waals surface area contributed by atoms with Crippen molar-refractivity contribution in [1.29, 1.82) is 0 Å². The van der Waals surface area contributed by atoms with Crippen LogP contribution in [0.1, 0.15) is 25.0 Å². The fourth-order valence-corrected chi connectivity index (χ4v) is 2.66. The molecule has 3 heteroatoms. The summed E-state index contributed by atoms with van der Waals surface area (Å²) in [4.78, 5) is 11.0. The van der Waals surface area contributed by atoms with Gasteiger partial charge in [0.05, 0.1) is 5.38 Å². The van der Waals surface area contributed by atoms with Crippen molar-refractivity contribution in [3.8, 4) is 0 Å². The number of fused-ring (bicyclic) bond motifs is 1. The van der Waals surface area contributed by atoms with Gasteiger partial charge in [-0.2, -0.15) is 0 Å². The molecule has 0 amide bonds. The van der Waals surface area contributed by atoms with Gasteiger partial charge in [-0.25, -0.2) is 9.78 Å². The summed E-state index contributed by atoms with van der Waals surface area (Å²) < 4.78 is 0. The lowest BCUT2D eigenvalue weighted by molar-refractivity contribution is -0.418. The molecule has 16 heavy (non-hydrogen) atoms. The molecule has 2 aliphatic heterocycles. The molecule has 4 rings (SSSR count). The van der Waals surface area contributed by atoms with Gasteiger partial charge in [0.25, 0.3) is 0 Å². The van der Waals surface area contributed by atoms with Gasteiger partial charge >= 0.3 is 0 Å². The van der Waals surface area contributed by atoms with E-state index < -0.39 is 11.2 Å². The Labute approximate surface area is 99.7 Å². The molecule has 0 saturated carbocycles. The SMILES string of the molecule is C[C@@H](Cl)[C@]12C=C[C@](C)(OO1)c1ccccc12. The van der Waals surface area contributed by atoms with Crippen LogP contribution in [0.3, 0.4) is 0 Å². The first-order chi connectivity index (χ1) is 7.58. The molecule has 0 N–H and O–H groups in total. The second-order valence-corrected chi connectivity index (χ2v) is 5.22. The van der Waals surface area contributed by atoms with Crippen molar-refractivity contribution in [2.24, 2.45) is 0 Å². The van der Waals surface area contributed by atoms with Gasteiger partial charge in [-0.1, -0.05) is 24.3 Å². The van der Waals surface area contributed by atoms with Crippen LogP contribution < -0.4 is 0 Å². The maximum absolute atomic E-state index is 6.25. The molecule has 3 aliphatic rings. The van der Waals surface area contributed by atoms with Crippen molar-refractivity contribution in [3.63, 3.8) is 0 Å². The minimum atomic E-state index is -0.643.